The number of hydrogen-bond donors (Lipinski definition) is 0. The Labute approximate surface area is 96.3 Å². The van der Waals surface area contributed by atoms with Crippen LogP contribution in [0.15, 0.2) is 35.0 Å². The van der Waals surface area contributed by atoms with Crippen LogP contribution < -0.4 is 0 Å². The number of hydrogen-bond acceptors (Lipinski definition) is 2. The minimum atomic E-state index is 0.286. The molecule has 0 saturated heterocycles. The lowest BCUT2D eigenvalue weighted by atomic mass is 9.97. The molecule has 0 bridgehead atoms. The summed E-state index contributed by atoms with van der Waals surface area (Å²) in [5.41, 5.74) is 0. The van der Waals surface area contributed by atoms with Gasteiger partial charge in [0.1, 0.15) is 5.76 Å². The number of carbonyl (C=O) groups is 1. The molecule has 86 valence electrons. The Balaban J connectivity index is 1.73. The molecule has 0 aliphatic heterocycles. The molecule has 2 rings (SSSR count). The molecule has 0 amide bonds. The van der Waals surface area contributed by atoms with Gasteiger partial charge in [-0.15, -0.1) is 0 Å². The highest BCUT2D eigenvalue weighted by Crippen LogP contribution is 2.21. The third-order valence-corrected chi connectivity index (χ3v) is 3.13. The van der Waals surface area contributed by atoms with Gasteiger partial charge in [0.25, 0.3) is 0 Å². The van der Waals surface area contributed by atoms with Gasteiger partial charge in [0.15, 0.2) is 5.78 Å². The number of allylic oxidation sites excluding steroid dienone is 2. The third-order valence-electron chi connectivity index (χ3n) is 3.13. The minimum absolute atomic E-state index is 0.286. The lowest BCUT2D eigenvalue weighted by molar-refractivity contribution is -0.114. The van der Waals surface area contributed by atoms with Gasteiger partial charge in [-0.2, -0.15) is 0 Å². The monoisotopic (exact) mass is 218 g/mol. The molecule has 0 aromatic carbocycles. The topological polar surface area (TPSA) is 30.2 Å². The molecule has 1 aliphatic rings. The van der Waals surface area contributed by atoms with Gasteiger partial charge in [-0.05, 0) is 49.8 Å². The Morgan fingerprint density at radius 2 is 2.38 bits per heavy atom. The summed E-state index contributed by atoms with van der Waals surface area (Å²) in [4.78, 5) is 11.2. The Morgan fingerprint density at radius 3 is 3.19 bits per heavy atom. The van der Waals surface area contributed by atoms with E-state index < -0.39 is 0 Å². The van der Waals surface area contributed by atoms with E-state index in [2.05, 4.69) is 6.08 Å². The summed E-state index contributed by atoms with van der Waals surface area (Å²) in [5.74, 6) is 1.93. The van der Waals surface area contributed by atoms with Crippen molar-refractivity contribution in [2.45, 2.75) is 38.5 Å². The first-order valence-electron chi connectivity index (χ1n) is 6.08. The molecule has 0 fully saturated rings. The van der Waals surface area contributed by atoms with E-state index in [4.69, 9.17) is 4.42 Å². The number of aryl methyl sites for hydroxylation is 1. The van der Waals surface area contributed by atoms with E-state index in [0.29, 0.717) is 5.92 Å². The Kier molecular flexibility index (Phi) is 3.97. The van der Waals surface area contributed by atoms with E-state index >= 15 is 0 Å². The van der Waals surface area contributed by atoms with E-state index in [1.807, 2.05) is 12.1 Å². The van der Waals surface area contributed by atoms with Crippen molar-refractivity contribution in [1.29, 1.82) is 0 Å². The fourth-order valence-electron chi connectivity index (χ4n) is 2.20. The van der Waals surface area contributed by atoms with Crippen molar-refractivity contribution in [3.8, 4) is 0 Å². The first-order chi connectivity index (χ1) is 7.84. The van der Waals surface area contributed by atoms with Crippen LogP contribution in [-0.2, 0) is 11.2 Å². The maximum Gasteiger partial charge on any atom is 0.155 e. The molecule has 1 aromatic rings. The summed E-state index contributed by atoms with van der Waals surface area (Å²) in [6.45, 7) is 0. The molecule has 2 heteroatoms. The molecule has 0 spiro atoms. The smallest absolute Gasteiger partial charge is 0.155 e. The molecule has 0 N–H and O–H groups in total. The van der Waals surface area contributed by atoms with Crippen LogP contribution >= 0.6 is 0 Å². The highest BCUT2D eigenvalue weighted by molar-refractivity contribution is 5.89. The number of ketones is 1. The van der Waals surface area contributed by atoms with Crippen molar-refractivity contribution in [2.24, 2.45) is 5.92 Å². The van der Waals surface area contributed by atoms with Crippen LogP contribution in [0.3, 0.4) is 0 Å². The summed E-state index contributed by atoms with van der Waals surface area (Å²) in [7, 11) is 0. The number of carbonyl (C=O) groups excluding carboxylic acids is 1. The highest BCUT2D eigenvalue weighted by Gasteiger charge is 2.10. The molecule has 1 aromatic heterocycles. The quantitative estimate of drug-likeness (QED) is 0.774. The van der Waals surface area contributed by atoms with Crippen molar-refractivity contribution in [2.75, 3.05) is 0 Å². The van der Waals surface area contributed by atoms with Crippen molar-refractivity contribution in [3.05, 3.63) is 36.3 Å². The van der Waals surface area contributed by atoms with Gasteiger partial charge in [-0.25, -0.2) is 0 Å². The summed E-state index contributed by atoms with van der Waals surface area (Å²) in [6, 6.07) is 3.95. The van der Waals surface area contributed by atoms with Crippen molar-refractivity contribution < 1.29 is 9.21 Å². The largest absolute Gasteiger partial charge is 0.469 e. The lowest BCUT2D eigenvalue weighted by Gasteiger charge is -2.09. The first kappa shape index (κ1) is 11.2. The van der Waals surface area contributed by atoms with Crippen LogP contribution in [0.4, 0.5) is 0 Å². The summed E-state index contributed by atoms with van der Waals surface area (Å²) < 4.78 is 5.29. The second kappa shape index (κ2) is 5.69. The van der Waals surface area contributed by atoms with Crippen LogP contribution in [0.1, 0.15) is 37.9 Å². The fraction of sp³-hybridized carbons (Fsp3) is 0.500. The number of furan rings is 1. The van der Waals surface area contributed by atoms with Gasteiger partial charge in [-0.3, -0.25) is 4.79 Å². The van der Waals surface area contributed by atoms with Crippen LogP contribution in [0.25, 0.3) is 0 Å². The molecule has 2 nitrogen and oxygen atoms in total. The average molecular weight is 218 g/mol. The Hall–Kier alpha value is -1.31. The van der Waals surface area contributed by atoms with Crippen LogP contribution in [-0.4, -0.2) is 5.78 Å². The van der Waals surface area contributed by atoms with E-state index in [1.54, 1.807) is 12.3 Å². The first-order valence-corrected chi connectivity index (χ1v) is 6.08. The highest BCUT2D eigenvalue weighted by atomic mass is 16.3. The molecule has 1 unspecified atom stereocenters. The zero-order valence-corrected chi connectivity index (χ0v) is 9.52. The maximum absolute atomic E-state index is 11.2. The second-order valence-corrected chi connectivity index (χ2v) is 4.45. The standard InChI is InChI=1S/C14H18O2/c15-13-6-1-4-12(9-10-13)5-2-7-14-8-3-11-16-14/h3,8-12H,1-2,4-7H2. The Morgan fingerprint density at radius 1 is 1.44 bits per heavy atom. The normalized spacial score (nSPS) is 21.0. The summed E-state index contributed by atoms with van der Waals surface area (Å²) in [5, 5.41) is 0. The van der Waals surface area contributed by atoms with Gasteiger partial charge in [0, 0.05) is 12.8 Å². The minimum Gasteiger partial charge on any atom is -0.469 e. The van der Waals surface area contributed by atoms with Crippen LogP contribution in [0, 0.1) is 5.92 Å². The van der Waals surface area contributed by atoms with Gasteiger partial charge in [0.2, 0.25) is 0 Å². The molecule has 1 atom stereocenters. The van der Waals surface area contributed by atoms with Gasteiger partial charge >= 0.3 is 0 Å². The van der Waals surface area contributed by atoms with Gasteiger partial charge in [-0.1, -0.05) is 6.08 Å². The van der Waals surface area contributed by atoms with Crippen LogP contribution in [0.5, 0.6) is 0 Å². The van der Waals surface area contributed by atoms with Crippen LogP contribution in [0.2, 0.25) is 0 Å². The summed E-state index contributed by atoms with van der Waals surface area (Å²) >= 11 is 0. The molecule has 1 heterocycles. The predicted molar refractivity (Wildman–Crippen MR) is 63.1 cm³/mol. The molecular weight excluding hydrogens is 200 g/mol. The van der Waals surface area contributed by atoms with Gasteiger partial charge < -0.3 is 4.42 Å². The van der Waals surface area contributed by atoms with Crippen molar-refractivity contribution >= 4 is 5.78 Å². The van der Waals surface area contributed by atoms with E-state index in [1.165, 1.54) is 0 Å². The lowest BCUT2D eigenvalue weighted by Crippen LogP contribution is -1.96. The van der Waals surface area contributed by atoms with Crippen molar-refractivity contribution in [3.63, 3.8) is 0 Å². The molecular formula is C14H18O2. The van der Waals surface area contributed by atoms with E-state index in [9.17, 15) is 4.79 Å². The van der Waals surface area contributed by atoms with E-state index in [-0.39, 0.29) is 5.78 Å². The SMILES string of the molecule is O=C1C=CC(CCCc2ccco2)CCC1. The second-order valence-electron chi connectivity index (χ2n) is 4.45. The zero-order chi connectivity index (χ0) is 11.2. The predicted octanol–water partition coefficient (Wildman–Crippen LogP) is 3.53. The molecule has 1 aliphatic carbocycles. The van der Waals surface area contributed by atoms with E-state index in [0.717, 1.165) is 44.3 Å². The average Bonchev–Trinajstić information content (AvgIpc) is 2.70. The van der Waals surface area contributed by atoms with Gasteiger partial charge in [0.05, 0.1) is 6.26 Å². The zero-order valence-electron chi connectivity index (χ0n) is 9.52. The maximum atomic E-state index is 11.2. The molecule has 16 heavy (non-hydrogen) atoms. The molecule has 0 radical (unpaired) electrons. The summed E-state index contributed by atoms with van der Waals surface area (Å²) in [6.07, 6.45) is 11.8. The number of rotatable bonds is 4. The Bertz CT molecular complexity index is 349. The van der Waals surface area contributed by atoms with Crippen molar-refractivity contribution in [1.82, 2.24) is 0 Å². The fourth-order valence-corrected chi connectivity index (χ4v) is 2.20. The third kappa shape index (κ3) is 3.37. The molecule has 0 saturated carbocycles.